The topological polar surface area (TPSA) is 61.4 Å². The second-order valence-corrected chi connectivity index (χ2v) is 9.17. The Kier molecular flexibility index (Phi) is 8.39. The van der Waals surface area contributed by atoms with E-state index in [0.29, 0.717) is 6.54 Å². The van der Waals surface area contributed by atoms with Crippen LogP contribution in [0.5, 0.6) is 0 Å². The number of likely N-dealkylation sites (tertiary alicyclic amines) is 1. The summed E-state index contributed by atoms with van der Waals surface area (Å²) in [4.78, 5) is 27.7. The highest BCUT2D eigenvalue weighted by Gasteiger charge is 2.25. The molecule has 1 unspecified atom stereocenters. The molecular formula is C26H34FN3O2. The Labute approximate surface area is 190 Å². The highest BCUT2D eigenvalue weighted by molar-refractivity contribution is 5.97. The van der Waals surface area contributed by atoms with Crippen molar-refractivity contribution in [2.75, 3.05) is 13.1 Å². The molecule has 1 heterocycles. The van der Waals surface area contributed by atoms with Gasteiger partial charge in [0.05, 0.1) is 5.56 Å². The lowest BCUT2D eigenvalue weighted by Crippen LogP contribution is -2.49. The molecule has 2 amide bonds. The summed E-state index contributed by atoms with van der Waals surface area (Å²) in [7, 11) is 0. The normalized spacial score (nSPS) is 16.0. The van der Waals surface area contributed by atoms with Gasteiger partial charge in [-0.25, -0.2) is 4.39 Å². The number of halogens is 1. The van der Waals surface area contributed by atoms with Gasteiger partial charge >= 0.3 is 0 Å². The van der Waals surface area contributed by atoms with Gasteiger partial charge in [-0.15, -0.1) is 0 Å². The monoisotopic (exact) mass is 439 g/mol. The number of hydrogen-bond donors (Lipinski definition) is 2. The van der Waals surface area contributed by atoms with Crippen molar-refractivity contribution in [2.45, 2.75) is 52.7 Å². The second kappa shape index (κ2) is 11.2. The largest absolute Gasteiger partial charge is 0.350 e. The van der Waals surface area contributed by atoms with Gasteiger partial charge in [0, 0.05) is 13.1 Å². The molecule has 2 aromatic carbocycles. The smallest absolute Gasteiger partial charge is 0.254 e. The first-order chi connectivity index (χ1) is 15.3. The molecule has 0 radical (unpaired) electrons. The molecule has 1 saturated heterocycles. The summed E-state index contributed by atoms with van der Waals surface area (Å²) in [6.07, 6.45) is 2.52. The van der Waals surface area contributed by atoms with E-state index in [1.807, 2.05) is 26.0 Å². The van der Waals surface area contributed by atoms with Gasteiger partial charge in [0.25, 0.3) is 5.91 Å². The fourth-order valence-corrected chi connectivity index (χ4v) is 3.94. The molecule has 2 N–H and O–H groups in total. The molecule has 1 aliphatic rings. The van der Waals surface area contributed by atoms with E-state index in [-0.39, 0.29) is 17.4 Å². The Balaban J connectivity index is 1.52. The lowest BCUT2D eigenvalue weighted by atomic mass is 9.99. The van der Waals surface area contributed by atoms with Gasteiger partial charge in [-0.05, 0) is 61.0 Å². The fourth-order valence-electron chi connectivity index (χ4n) is 3.94. The third-order valence-corrected chi connectivity index (χ3v) is 6.13. The van der Waals surface area contributed by atoms with Crippen LogP contribution >= 0.6 is 0 Å². The number of benzene rings is 2. The highest BCUT2D eigenvalue weighted by atomic mass is 19.1. The van der Waals surface area contributed by atoms with Crippen LogP contribution in [-0.4, -0.2) is 35.8 Å². The molecule has 1 atom stereocenters. The van der Waals surface area contributed by atoms with Crippen LogP contribution in [0, 0.1) is 17.7 Å². The lowest BCUT2D eigenvalue weighted by molar-refractivity contribution is -0.124. The van der Waals surface area contributed by atoms with E-state index in [0.717, 1.165) is 31.1 Å². The number of rotatable bonds is 8. The molecule has 1 aliphatic heterocycles. The number of nitrogens with one attached hydrogen (secondary N) is 2. The van der Waals surface area contributed by atoms with Gasteiger partial charge in [0.2, 0.25) is 5.91 Å². The van der Waals surface area contributed by atoms with Crippen molar-refractivity contribution in [3.63, 3.8) is 0 Å². The predicted molar refractivity (Wildman–Crippen MR) is 124 cm³/mol. The van der Waals surface area contributed by atoms with Crippen molar-refractivity contribution in [1.29, 1.82) is 0 Å². The molecule has 0 bridgehead atoms. The second-order valence-electron chi connectivity index (χ2n) is 9.17. The summed E-state index contributed by atoms with van der Waals surface area (Å²) in [5.41, 5.74) is 2.20. The number of amides is 2. The zero-order chi connectivity index (χ0) is 23.1. The average molecular weight is 440 g/mol. The highest BCUT2D eigenvalue weighted by Crippen LogP contribution is 2.18. The third-order valence-electron chi connectivity index (χ3n) is 6.13. The van der Waals surface area contributed by atoms with Crippen molar-refractivity contribution < 1.29 is 14.0 Å². The van der Waals surface area contributed by atoms with Gasteiger partial charge in [-0.3, -0.25) is 14.5 Å². The number of piperidine rings is 1. The van der Waals surface area contributed by atoms with E-state index in [1.54, 1.807) is 6.07 Å². The van der Waals surface area contributed by atoms with Crippen molar-refractivity contribution in [1.82, 2.24) is 15.5 Å². The molecule has 5 nitrogen and oxygen atoms in total. The maximum atomic E-state index is 13.9. The Morgan fingerprint density at radius 3 is 2.28 bits per heavy atom. The van der Waals surface area contributed by atoms with Gasteiger partial charge < -0.3 is 10.6 Å². The van der Waals surface area contributed by atoms with Crippen LogP contribution in [0.4, 0.5) is 4.39 Å². The van der Waals surface area contributed by atoms with Crippen LogP contribution in [0.2, 0.25) is 0 Å². The molecule has 0 saturated carbocycles. The first-order valence-electron chi connectivity index (χ1n) is 11.5. The van der Waals surface area contributed by atoms with Crippen LogP contribution in [0.1, 0.15) is 55.1 Å². The van der Waals surface area contributed by atoms with E-state index in [4.69, 9.17) is 0 Å². The number of carbonyl (C=O) groups excluding carboxylic acids is 2. The van der Waals surface area contributed by atoms with E-state index < -0.39 is 17.8 Å². The van der Waals surface area contributed by atoms with Crippen molar-refractivity contribution in [3.8, 4) is 0 Å². The van der Waals surface area contributed by atoms with E-state index in [1.165, 1.54) is 36.6 Å². The summed E-state index contributed by atoms with van der Waals surface area (Å²) in [5.74, 6) is -0.791. The molecule has 2 aromatic rings. The standard InChI is InChI=1S/C26H34FN3O2/c1-18(2)24(29-25(31)22-6-4-5-7-23(22)27)26(32)28-16-20-8-10-21(11-9-20)17-30-14-12-19(3)13-15-30/h4-11,18-19,24H,12-17H2,1-3H3,(H,28,32)(H,29,31). The van der Waals surface area contributed by atoms with Crippen molar-refractivity contribution >= 4 is 11.8 Å². The summed E-state index contributed by atoms with van der Waals surface area (Å²) in [5, 5.41) is 5.57. The van der Waals surface area contributed by atoms with E-state index in [9.17, 15) is 14.0 Å². The average Bonchev–Trinajstić information content (AvgIpc) is 2.78. The van der Waals surface area contributed by atoms with Crippen LogP contribution in [-0.2, 0) is 17.9 Å². The third kappa shape index (κ3) is 6.63. The lowest BCUT2D eigenvalue weighted by Gasteiger charge is -2.30. The first-order valence-corrected chi connectivity index (χ1v) is 11.5. The molecule has 172 valence electrons. The maximum absolute atomic E-state index is 13.9. The molecule has 1 fully saturated rings. The molecule has 0 aromatic heterocycles. The summed E-state index contributed by atoms with van der Waals surface area (Å²) in [6, 6.07) is 13.3. The quantitative estimate of drug-likeness (QED) is 0.650. The van der Waals surface area contributed by atoms with Crippen LogP contribution in [0.3, 0.4) is 0 Å². The Hall–Kier alpha value is -2.73. The van der Waals surface area contributed by atoms with Crippen molar-refractivity contribution in [2.24, 2.45) is 11.8 Å². The maximum Gasteiger partial charge on any atom is 0.254 e. The van der Waals surface area contributed by atoms with E-state index >= 15 is 0 Å². The Bertz CT molecular complexity index is 906. The van der Waals surface area contributed by atoms with Gasteiger partial charge in [-0.2, -0.15) is 0 Å². The van der Waals surface area contributed by atoms with E-state index in [2.05, 4.69) is 34.6 Å². The fraction of sp³-hybridized carbons (Fsp3) is 0.462. The molecule has 0 aliphatic carbocycles. The summed E-state index contributed by atoms with van der Waals surface area (Å²) in [6.45, 7) is 9.64. The molecule has 0 spiro atoms. The Morgan fingerprint density at radius 1 is 1.03 bits per heavy atom. The zero-order valence-corrected chi connectivity index (χ0v) is 19.2. The summed E-state index contributed by atoms with van der Waals surface area (Å²) >= 11 is 0. The molecule has 32 heavy (non-hydrogen) atoms. The minimum atomic E-state index is -0.747. The predicted octanol–water partition coefficient (Wildman–Crippen LogP) is 4.13. The van der Waals surface area contributed by atoms with Gasteiger partial charge in [0.15, 0.2) is 0 Å². The SMILES string of the molecule is CC1CCN(Cc2ccc(CNC(=O)C(NC(=O)c3ccccc3F)C(C)C)cc2)CC1. The van der Waals surface area contributed by atoms with Gasteiger partial charge in [-0.1, -0.05) is 57.2 Å². The van der Waals surface area contributed by atoms with Crippen LogP contribution < -0.4 is 10.6 Å². The first kappa shape index (κ1) is 23.9. The Morgan fingerprint density at radius 2 is 1.66 bits per heavy atom. The number of hydrogen-bond acceptors (Lipinski definition) is 3. The molecule has 6 heteroatoms. The van der Waals surface area contributed by atoms with Crippen LogP contribution in [0.25, 0.3) is 0 Å². The van der Waals surface area contributed by atoms with Gasteiger partial charge in [0.1, 0.15) is 11.9 Å². The number of nitrogens with zero attached hydrogens (tertiary/aromatic N) is 1. The molecular weight excluding hydrogens is 405 g/mol. The zero-order valence-electron chi connectivity index (χ0n) is 19.2. The number of carbonyl (C=O) groups is 2. The van der Waals surface area contributed by atoms with Crippen molar-refractivity contribution in [3.05, 3.63) is 71.0 Å². The van der Waals surface area contributed by atoms with Crippen LogP contribution in [0.15, 0.2) is 48.5 Å². The molecule has 3 rings (SSSR count). The minimum absolute atomic E-state index is 0.0651. The summed E-state index contributed by atoms with van der Waals surface area (Å²) < 4.78 is 13.9. The minimum Gasteiger partial charge on any atom is -0.350 e.